The van der Waals surface area contributed by atoms with Crippen molar-refractivity contribution in [2.24, 2.45) is 17.8 Å². The average Bonchev–Trinajstić information content (AvgIpc) is 3.49. The van der Waals surface area contributed by atoms with Gasteiger partial charge in [0.15, 0.2) is 0 Å². The lowest BCUT2D eigenvalue weighted by atomic mass is 9.90. The summed E-state index contributed by atoms with van der Waals surface area (Å²) in [5.41, 5.74) is 2.70. The molecule has 196 valence electrons. The summed E-state index contributed by atoms with van der Waals surface area (Å²) in [5, 5.41) is 9.71. The number of benzene rings is 2. The molecule has 2 atom stereocenters. The van der Waals surface area contributed by atoms with Crippen LogP contribution in [0, 0.1) is 24.7 Å². The van der Waals surface area contributed by atoms with Crippen LogP contribution in [0.1, 0.15) is 37.3 Å². The third-order valence-corrected chi connectivity index (χ3v) is 6.55. The first-order valence-electron chi connectivity index (χ1n) is 12.7. The highest BCUT2D eigenvalue weighted by Crippen LogP contribution is 2.29. The van der Waals surface area contributed by atoms with E-state index in [1.165, 1.54) is 4.90 Å². The van der Waals surface area contributed by atoms with Crippen molar-refractivity contribution in [2.45, 2.75) is 40.2 Å². The highest BCUT2D eigenvalue weighted by atomic mass is 16.6. The fourth-order valence-electron chi connectivity index (χ4n) is 4.48. The van der Waals surface area contributed by atoms with Crippen LogP contribution in [0.3, 0.4) is 0 Å². The monoisotopic (exact) mass is 506 g/mol. The summed E-state index contributed by atoms with van der Waals surface area (Å²) in [6, 6.07) is 17.5. The number of nitrogens with zero attached hydrogens (tertiary/aromatic N) is 2. The Morgan fingerprint density at radius 2 is 1.92 bits per heavy atom. The van der Waals surface area contributed by atoms with E-state index in [4.69, 9.17) is 13.9 Å². The van der Waals surface area contributed by atoms with Crippen molar-refractivity contribution in [3.05, 3.63) is 71.6 Å². The molecule has 1 saturated heterocycles. The molecule has 8 heteroatoms. The van der Waals surface area contributed by atoms with Gasteiger partial charge in [-0.15, -0.1) is 0 Å². The summed E-state index contributed by atoms with van der Waals surface area (Å²) in [5.74, 6) is 0.610. The molecule has 0 radical (unpaired) electrons. The van der Waals surface area contributed by atoms with Gasteiger partial charge in [0.05, 0.1) is 12.5 Å². The molecule has 1 aromatic heterocycles. The molecule has 1 fully saturated rings. The SMILES string of the molecule is Cc1oc(-c2ccccc2)nc1COc1cccc(CC[C@@H]2CN(C(=O)OCC(C)C)C[C@@H]2C(=O)O)c1. The van der Waals surface area contributed by atoms with Crippen LogP contribution in [0.5, 0.6) is 5.75 Å². The Balaban J connectivity index is 1.33. The van der Waals surface area contributed by atoms with Crippen LogP contribution in [0.2, 0.25) is 0 Å². The molecule has 0 unspecified atom stereocenters. The number of likely N-dealkylation sites (tertiary alicyclic amines) is 1. The first-order chi connectivity index (χ1) is 17.8. The van der Waals surface area contributed by atoms with Crippen molar-refractivity contribution in [2.75, 3.05) is 19.7 Å². The zero-order valence-corrected chi connectivity index (χ0v) is 21.6. The van der Waals surface area contributed by atoms with Gasteiger partial charge in [0.2, 0.25) is 5.89 Å². The number of carbonyl (C=O) groups is 2. The molecule has 2 heterocycles. The third-order valence-electron chi connectivity index (χ3n) is 6.55. The average molecular weight is 507 g/mol. The summed E-state index contributed by atoms with van der Waals surface area (Å²) in [6.45, 7) is 6.98. The molecule has 8 nitrogen and oxygen atoms in total. The second kappa shape index (κ2) is 12.0. The first-order valence-corrected chi connectivity index (χ1v) is 12.7. The molecular weight excluding hydrogens is 472 g/mol. The second-order valence-corrected chi connectivity index (χ2v) is 9.94. The number of aromatic nitrogens is 1. The van der Waals surface area contributed by atoms with Crippen LogP contribution in [0.15, 0.2) is 59.0 Å². The topological polar surface area (TPSA) is 102 Å². The lowest BCUT2D eigenvalue weighted by Gasteiger charge is -2.17. The lowest BCUT2D eigenvalue weighted by molar-refractivity contribution is -0.142. The molecule has 1 amide bonds. The van der Waals surface area contributed by atoms with Crippen LogP contribution < -0.4 is 4.74 Å². The molecule has 4 rings (SSSR count). The number of carboxylic acids is 1. The van der Waals surface area contributed by atoms with Crippen molar-refractivity contribution in [3.63, 3.8) is 0 Å². The summed E-state index contributed by atoms with van der Waals surface area (Å²) in [7, 11) is 0. The Morgan fingerprint density at radius 3 is 2.65 bits per heavy atom. The maximum absolute atomic E-state index is 12.4. The number of ether oxygens (including phenoxy) is 2. The van der Waals surface area contributed by atoms with Gasteiger partial charge >= 0.3 is 12.1 Å². The standard InChI is InChI=1S/C29H34N2O6/c1-19(2)17-36-29(34)31-15-23(25(16-31)28(32)33)13-12-21-8-7-11-24(14-21)35-18-26-20(3)37-27(30-26)22-9-5-4-6-10-22/h4-11,14,19,23,25H,12-13,15-18H2,1-3H3,(H,32,33)/t23-,25+/m1/s1. The van der Waals surface area contributed by atoms with Gasteiger partial charge in [-0.25, -0.2) is 9.78 Å². The van der Waals surface area contributed by atoms with E-state index in [-0.39, 0.29) is 25.0 Å². The molecule has 0 aliphatic carbocycles. The smallest absolute Gasteiger partial charge is 0.409 e. The van der Waals surface area contributed by atoms with Crippen molar-refractivity contribution in [1.29, 1.82) is 0 Å². The number of oxazole rings is 1. The highest BCUT2D eigenvalue weighted by molar-refractivity contribution is 5.74. The van der Waals surface area contributed by atoms with Crippen molar-refractivity contribution < 1.29 is 28.6 Å². The van der Waals surface area contributed by atoms with Gasteiger partial charge in [-0.2, -0.15) is 0 Å². The molecule has 1 N–H and O–H groups in total. The van der Waals surface area contributed by atoms with E-state index in [0.717, 1.165) is 16.8 Å². The van der Waals surface area contributed by atoms with Gasteiger partial charge in [-0.05, 0) is 61.4 Å². The fraction of sp³-hybridized carbons (Fsp3) is 0.414. The second-order valence-electron chi connectivity index (χ2n) is 9.94. The number of amides is 1. The minimum absolute atomic E-state index is 0.136. The summed E-state index contributed by atoms with van der Waals surface area (Å²) >= 11 is 0. The number of hydrogen-bond acceptors (Lipinski definition) is 6. The predicted molar refractivity (Wildman–Crippen MR) is 138 cm³/mol. The van der Waals surface area contributed by atoms with Gasteiger partial charge in [0.25, 0.3) is 0 Å². The van der Waals surface area contributed by atoms with Crippen molar-refractivity contribution in [3.8, 4) is 17.2 Å². The number of aliphatic carboxylic acids is 1. The van der Waals surface area contributed by atoms with E-state index in [1.54, 1.807) is 0 Å². The van der Waals surface area contributed by atoms with E-state index in [2.05, 4.69) is 4.98 Å². The summed E-state index contributed by atoms with van der Waals surface area (Å²) in [4.78, 5) is 30.3. The Hall–Kier alpha value is -3.81. The minimum Gasteiger partial charge on any atom is -0.487 e. The number of hydrogen-bond donors (Lipinski definition) is 1. The summed E-state index contributed by atoms with van der Waals surface area (Å²) in [6.07, 6.45) is 0.898. The molecule has 1 aliphatic heterocycles. The van der Waals surface area contributed by atoms with Gasteiger partial charge in [0.1, 0.15) is 23.8 Å². The Bertz CT molecular complexity index is 1210. The Morgan fingerprint density at radius 1 is 1.14 bits per heavy atom. The van der Waals surface area contributed by atoms with Crippen LogP contribution in [-0.4, -0.2) is 46.7 Å². The molecule has 0 spiro atoms. The maximum Gasteiger partial charge on any atom is 0.409 e. The van der Waals surface area contributed by atoms with Crippen molar-refractivity contribution >= 4 is 12.1 Å². The van der Waals surface area contributed by atoms with E-state index in [1.807, 2.05) is 75.4 Å². The number of rotatable bonds is 10. The van der Waals surface area contributed by atoms with Gasteiger partial charge in [-0.1, -0.05) is 44.2 Å². The van der Waals surface area contributed by atoms with Crippen LogP contribution in [-0.2, 0) is 22.6 Å². The number of carbonyl (C=O) groups excluding carboxylic acids is 1. The molecule has 3 aromatic rings. The first kappa shape index (κ1) is 26.3. The van der Waals surface area contributed by atoms with Crippen LogP contribution >= 0.6 is 0 Å². The third kappa shape index (κ3) is 6.90. The van der Waals surface area contributed by atoms with Crippen molar-refractivity contribution in [1.82, 2.24) is 9.88 Å². The predicted octanol–water partition coefficient (Wildman–Crippen LogP) is 5.59. The number of aryl methyl sites for hydroxylation is 2. The molecule has 2 aromatic carbocycles. The highest BCUT2D eigenvalue weighted by Gasteiger charge is 2.40. The molecule has 0 bridgehead atoms. The van der Waals surface area contributed by atoms with Gasteiger partial charge in [-0.3, -0.25) is 4.79 Å². The lowest BCUT2D eigenvalue weighted by Crippen LogP contribution is -2.31. The maximum atomic E-state index is 12.4. The Kier molecular flexibility index (Phi) is 8.48. The molecule has 1 aliphatic rings. The molecule has 37 heavy (non-hydrogen) atoms. The van der Waals surface area contributed by atoms with E-state index in [0.29, 0.717) is 43.4 Å². The van der Waals surface area contributed by atoms with E-state index >= 15 is 0 Å². The van der Waals surface area contributed by atoms with Crippen LogP contribution in [0.4, 0.5) is 4.79 Å². The largest absolute Gasteiger partial charge is 0.487 e. The van der Waals surface area contributed by atoms with E-state index in [9.17, 15) is 14.7 Å². The van der Waals surface area contributed by atoms with Gasteiger partial charge in [0, 0.05) is 18.7 Å². The minimum atomic E-state index is -0.876. The quantitative estimate of drug-likeness (QED) is 0.383. The van der Waals surface area contributed by atoms with E-state index < -0.39 is 18.0 Å². The van der Waals surface area contributed by atoms with Gasteiger partial charge < -0.3 is 23.9 Å². The zero-order chi connectivity index (χ0) is 26.4. The molecular formula is C29H34N2O6. The normalized spacial score (nSPS) is 17.2. The summed E-state index contributed by atoms with van der Waals surface area (Å²) < 4.78 is 17.1. The van der Waals surface area contributed by atoms with Crippen LogP contribution in [0.25, 0.3) is 11.5 Å². The number of carboxylic acid groups (broad SMARTS) is 1. The fourth-order valence-corrected chi connectivity index (χ4v) is 4.48. The zero-order valence-electron chi connectivity index (χ0n) is 21.6. The Labute approximate surface area is 217 Å². The molecule has 0 saturated carbocycles.